The van der Waals surface area contributed by atoms with E-state index in [0.717, 1.165) is 17.0 Å². The molecule has 3 heterocycles. The summed E-state index contributed by atoms with van der Waals surface area (Å²) in [6.45, 7) is 1.54. The fraction of sp³-hybridized carbons (Fsp3) is 0.286. The number of nitrogens with zero attached hydrogens (tertiary/aromatic N) is 5. The lowest BCUT2D eigenvalue weighted by Gasteiger charge is -2.26. The van der Waals surface area contributed by atoms with Crippen LogP contribution in [0.15, 0.2) is 40.1 Å². The van der Waals surface area contributed by atoms with Crippen molar-refractivity contribution in [3.8, 4) is 22.9 Å². The molecule has 9 nitrogen and oxygen atoms in total. The Morgan fingerprint density at radius 2 is 1.81 bits per heavy atom. The number of methoxy groups -OCH3 is 3. The van der Waals surface area contributed by atoms with E-state index in [0.29, 0.717) is 47.0 Å². The zero-order chi connectivity index (χ0) is 21.7. The van der Waals surface area contributed by atoms with Crippen LogP contribution in [-0.4, -0.2) is 54.6 Å². The fourth-order valence-corrected chi connectivity index (χ4v) is 4.20. The first-order valence-corrected chi connectivity index (χ1v) is 10.0. The summed E-state index contributed by atoms with van der Waals surface area (Å²) in [7, 11) is 4.65. The second-order valence-electron chi connectivity index (χ2n) is 7.13. The highest BCUT2D eigenvalue weighted by Crippen LogP contribution is 2.38. The van der Waals surface area contributed by atoms with E-state index in [4.69, 9.17) is 25.8 Å². The number of aromatic nitrogens is 3. The highest BCUT2D eigenvalue weighted by Gasteiger charge is 2.34. The predicted molar refractivity (Wildman–Crippen MR) is 117 cm³/mol. The Kier molecular flexibility index (Phi) is 4.62. The van der Waals surface area contributed by atoms with E-state index in [2.05, 4.69) is 10.1 Å². The number of benzene rings is 2. The number of aliphatic imine (C=N–C) groups is 1. The minimum atomic E-state index is -0.266. The van der Waals surface area contributed by atoms with E-state index in [9.17, 15) is 4.79 Å². The third-order valence-corrected chi connectivity index (χ3v) is 5.64. The first kappa shape index (κ1) is 19.5. The molecule has 0 aliphatic carbocycles. The maximum absolute atomic E-state index is 13.4. The van der Waals surface area contributed by atoms with Gasteiger partial charge in [-0.1, -0.05) is 11.6 Å². The number of fused-ring (bicyclic) bond motifs is 6. The van der Waals surface area contributed by atoms with Crippen molar-refractivity contribution in [2.75, 3.05) is 39.3 Å². The molecule has 0 saturated carbocycles. The average Bonchev–Trinajstić information content (AvgIpc) is 3.38. The van der Waals surface area contributed by atoms with Crippen molar-refractivity contribution in [2.45, 2.75) is 6.54 Å². The zero-order valence-corrected chi connectivity index (χ0v) is 18.0. The van der Waals surface area contributed by atoms with Gasteiger partial charge in [0.2, 0.25) is 11.7 Å². The van der Waals surface area contributed by atoms with Crippen molar-refractivity contribution in [3.05, 3.63) is 57.0 Å². The van der Waals surface area contributed by atoms with Crippen LogP contribution in [0.2, 0.25) is 5.02 Å². The number of hydrogen-bond acceptors (Lipinski definition) is 7. The first-order valence-electron chi connectivity index (χ1n) is 9.66. The minimum Gasteiger partial charge on any atom is -0.493 e. The molecule has 0 bridgehead atoms. The monoisotopic (exact) mass is 441 g/mol. The molecule has 2 aliphatic heterocycles. The lowest BCUT2D eigenvalue weighted by atomic mass is 10.1. The van der Waals surface area contributed by atoms with Crippen molar-refractivity contribution in [2.24, 2.45) is 4.99 Å². The Morgan fingerprint density at radius 1 is 1.06 bits per heavy atom. The molecule has 0 spiro atoms. The number of hydrogen-bond donors (Lipinski definition) is 0. The largest absolute Gasteiger partial charge is 0.493 e. The summed E-state index contributed by atoms with van der Waals surface area (Å²) in [5.41, 5.74) is 2.07. The number of anilines is 1. The molecule has 31 heavy (non-hydrogen) atoms. The predicted octanol–water partition coefficient (Wildman–Crippen LogP) is 2.34. The van der Waals surface area contributed by atoms with Gasteiger partial charge in [0.25, 0.3) is 0 Å². The maximum Gasteiger partial charge on any atom is 0.352 e. The van der Waals surface area contributed by atoms with Gasteiger partial charge in [-0.15, -0.1) is 5.10 Å². The normalized spacial score (nSPS) is 13.9. The van der Waals surface area contributed by atoms with E-state index in [1.165, 1.54) is 4.68 Å². The molecule has 0 N–H and O–H groups in total. The molecule has 0 fully saturated rings. The summed E-state index contributed by atoms with van der Waals surface area (Å²) in [4.78, 5) is 19.9. The minimum absolute atomic E-state index is 0.228. The number of halogens is 1. The molecule has 2 aliphatic rings. The van der Waals surface area contributed by atoms with Gasteiger partial charge in [-0.05, 0) is 35.9 Å². The number of rotatable bonds is 5. The molecule has 0 atom stereocenters. The highest BCUT2D eigenvalue weighted by molar-refractivity contribution is 6.31. The van der Waals surface area contributed by atoms with Crippen molar-refractivity contribution < 1.29 is 14.2 Å². The Bertz CT molecular complexity index is 1250. The Balaban J connectivity index is 1.63. The van der Waals surface area contributed by atoms with Gasteiger partial charge in [0.1, 0.15) is 5.84 Å². The summed E-state index contributed by atoms with van der Waals surface area (Å²) < 4.78 is 19.2. The van der Waals surface area contributed by atoms with Crippen LogP contribution in [0.4, 0.5) is 5.95 Å². The Morgan fingerprint density at radius 3 is 2.48 bits per heavy atom. The third kappa shape index (κ3) is 2.96. The van der Waals surface area contributed by atoms with E-state index in [1.807, 2.05) is 11.0 Å². The second kappa shape index (κ2) is 7.35. The quantitative estimate of drug-likeness (QED) is 0.604. The van der Waals surface area contributed by atoms with E-state index in [1.54, 1.807) is 50.2 Å². The van der Waals surface area contributed by atoms with Gasteiger partial charge in [0, 0.05) is 17.1 Å². The van der Waals surface area contributed by atoms with Crippen LogP contribution in [0.3, 0.4) is 0 Å². The smallest absolute Gasteiger partial charge is 0.352 e. The Hall–Kier alpha value is -3.46. The van der Waals surface area contributed by atoms with Crippen LogP contribution < -0.4 is 24.8 Å². The molecule has 1 aromatic heterocycles. The summed E-state index contributed by atoms with van der Waals surface area (Å²) in [6, 6.07) is 9.07. The maximum atomic E-state index is 13.4. The fourth-order valence-electron chi connectivity index (χ4n) is 4.04. The van der Waals surface area contributed by atoms with Crippen molar-refractivity contribution in [1.82, 2.24) is 14.3 Å². The van der Waals surface area contributed by atoms with Crippen molar-refractivity contribution in [3.63, 3.8) is 0 Å². The SMILES string of the molecule is COc1cc(Cn2nc3n(c2=O)-c2cc(Cl)ccc2C2=NCCN23)cc(OC)c1OC. The van der Waals surface area contributed by atoms with E-state index >= 15 is 0 Å². The molecule has 3 aromatic rings. The topological polar surface area (TPSA) is 83.1 Å². The average molecular weight is 442 g/mol. The summed E-state index contributed by atoms with van der Waals surface area (Å²) in [5.74, 6) is 2.86. The van der Waals surface area contributed by atoms with Gasteiger partial charge in [0.15, 0.2) is 11.5 Å². The van der Waals surface area contributed by atoms with Crippen LogP contribution >= 0.6 is 11.6 Å². The summed E-state index contributed by atoms with van der Waals surface area (Å²) in [6.07, 6.45) is 0. The molecule has 5 rings (SSSR count). The molecule has 0 amide bonds. The van der Waals surface area contributed by atoms with Crippen molar-refractivity contribution in [1.29, 1.82) is 0 Å². The molecule has 0 radical (unpaired) electrons. The van der Waals surface area contributed by atoms with Gasteiger partial charge in [-0.3, -0.25) is 9.89 Å². The van der Waals surface area contributed by atoms with E-state index < -0.39 is 0 Å². The van der Waals surface area contributed by atoms with Gasteiger partial charge >= 0.3 is 5.69 Å². The molecule has 0 saturated heterocycles. The van der Waals surface area contributed by atoms with Crippen LogP contribution in [0.5, 0.6) is 17.2 Å². The molecule has 2 aromatic carbocycles. The lowest BCUT2D eigenvalue weighted by molar-refractivity contribution is 0.323. The first-order chi connectivity index (χ1) is 15.0. The molecule has 0 unspecified atom stereocenters. The van der Waals surface area contributed by atoms with Crippen LogP contribution in [0.1, 0.15) is 11.1 Å². The molecular weight excluding hydrogens is 422 g/mol. The summed E-state index contributed by atoms with van der Waals surface area (Å²) >= 11 is 6.23. The van der Waals surface area contributed by atoms with Crippen LogP contribution in [0, 0.1) is 0 Å². The van der Waals surface area contributed by atoms with Gasteiger partial charge in [0.05, 0.1) is 40.1 Å². The van der Waals surface area contributed by atoms with Gasteiger partial charge < -0.3 is 14.2 Å². The van der Waals surface area contributed by atoms with Gasteiger partial charge in [-0.2, -0.15) is 0 Å². The lowest BCUT2D eigenvalue weighted by Crippen LogP contribution is -2.37. The second-order valence-corrected chi connectivity index (χ2v) is 7.56. The third-order valence-electron chi connectivity index (χ3n) is 5.40. The van der Waals surface area contributed by atoms with Crippen molar-refractivity contribution >= 4 is 23.4 Å². The zero-order valence-electron chi connectivity index (χ0n) is 17.3. The Labute approximate surface area is 183 Å². The van der Waals surface area contributed by atoms with Gasteiger partial charge in [-0.25, -0.2) is 14.0 Å². The van der Waals surface area contributed by atoms with Crippen LogP contribution in [-0.2, 0) is 6.54 Å². The summed E-state index contributed by atoms with van der Waals surface area (Å²) in [5, 5.41) is 5.17. The molecule has 160 valence electrons. The standard InChI is InChI=1S/C21H20ClN5O4/c1-29-16-8-12(9-17(30-2)18(16)31-3)11-26-21(28)27-15-10-13(22)4-5-14(15)19-23-6-7-25(19)20(27)24-26/h4-5,8-10H,6-7,11H2,1-3H3. The number of amidine groups is 1. The van der Waals surface area contributed by atoms with Crippen LogP contribution in [0.25, 0.3) is 5.69 Å². The molecule has 10 heteroatoms. The number of ether oxygens (including phenoxy) is 3. The van der Waals surface area contributed by atoms with E-state index in [-0.39, 0.29) is 12.2 Å². The molecular formula is C21H20ClN5O4. The highest BCUT2D eigenvalue weighted by atomic mass is 35.5.